The first-order valence-corrected chi connectivity index (χ1v) is 4.84. The van der Waals surface area contributed by atoms with Gasteiger partial charge in [-0.05, 0) is 12.1 Å². The van der Waals surface area contributed by atoms with Crippen LogP contribution in [0.25, 0.3) is 0 Å². The summed E-state index contributed by atoms with van der Waals surface area (Å²) in [6.45, 7) is 1.71. The Labute approximate surface area is 95.9 Å². The van der Waals surface area contributed by atoms with Gasteiger partial charge in [-0.2, -0.15) is 9.37 Å². The SMILES string of the molecule is Cc1nc(CNC(=O)c2cccnc2F)no1. The zero-order chi connectivity index (χ0) is 12.3. The van der Waals surface area contributed by atoms with Gasteiger partial charge in [-0.3, -0.25) is 4.79 Å². The van der Waals surface area contributed by atoms with Gasteiger partial charge in [-0.25, -0.2) is 4.98 Å². The fraction of sp³-hybridized carbons (Fsp3) is 0.200. The summed E-state index contributed by atoms with van der Waals surface area (Å²) < 4.78 is 17.9. The van der Waals surface area contributed by atoms with Crippen LogP contribution >= 0.6 is 0 Å². The molecule has 17 heavy (non-hydrogen) atoms. The number of hydrogen-bond acceptors (Lipinski definition) is 5. The topological polar surface area (TPSA) is 80.9 Å². The van der Waals surface area contributed by atoms with E-state index in [2.05, 4.69) is 20.4 Å². The number of amides is 1. The highest BCUT2D eigenvalue weighted by Gasteiger charge is 2.12. The lowest BCUT2D eigenvalue weighted by atomic mass is 10.2. The van der Waals surface area contributed by atoms with Crippen LogP contribution in [0.3, 0.4) is 0 Å². The number of carbonyl (C=O) groups excluding carboxylic acids is 1. The molecule has 2 aromatic rings. The second-order valence-corrected chi connectivity index (χ2v) is 3.25. The summed E-state index contributed by atoms with van der Waals surface area (Å²) in [5.41, 5.74) is -0.118. The number of nitrogens with zero attached hydrogens (tertiary/aromatic N) is 3. The van der Waals surface area contributed by atoms with Crippen LogP contribution in [0.4, 0.5) is 4.39 Å². The second kappa shape index (κ2) is 4.69. The van der Waals surface area contributed by atoms with Gasteiger partial charge >= 0.3 is 0 Å². The van der Waals surface area contributed by atoms with E-state index in [0.717, 1.165) is 0 Å². The Morgan fingerprint density at radius 1 is 1.59 bits per heavy atom. The van der Waals surface area contributed by atoms with Crippen molar-refractivity contribution in [2.45, 2.75) is 13.5 Å². The molecule has 0 aliphatic carbocycles. The van der Waals surface area contributed by atoms with Gasteiger partial charge in [-0.15, -0.1) is 0 Å². The molecule has 1 amide bonds. The zero-order valence-corrected chi connectivity index (χ0v) is 8.98. The fourth-order valence-corrected chi connectivity index (χ4v) is 1.22. The van der Waals surface area contributed by atoms with Crippen molar-refractivity contribution in [1.82, 2.24) is 20.4 Å². The van der Waals surface area contributed by atoms with Crippen molar-refractivity contribution >= 4 is 5.91 Å². The number of rotatable bonds is 3. The summed E-state index contributed by atoms with van der Waals surface area (Å²) in [5, 5.41) is 6.06. The summed E-state index contributed by atoms with van der Waals surface area (Å²) in [6.07, 6.45) is 1.27. The predicted octanol–water partition coefficient (Wildman–Crippen LogP) is 0.842. The first-order chi connectivity index (χ1) is 8.16. The Morgan fingerprint density at radius 2 is 2.41 bits per heavy atom. The summed E-state index contributed by atoms with van der Waals surface area (Å²) in [4.78, 5) is 18.8. The summed E-state index contributed by atoms with van der Waals surface area (Å²) >= 11 is 0. The molecule has 0 radical (unpaired) electrons. The average Bonchev–Trinajstić information content (AvgIpc) is 2.73. The van der Waals surface area contributed by atoms with E-state index in [1.54, 1.807) is 6.92 Å². The monoisotopic (exact) mass is 236 g/mol. The fourth-order valence-electron chi connectivity index (χ4n) is 1.22. The molecule has 0 spiro atoms. The van der Waals surface area contributed by atoms with Crippen LogP contribution in [-0.2, 0) is 6.54 Å². The minimum atomic E-state index is -0.811. The Hall–Kier alpha value is -2.31. The average molecular weight is 236 g/mol. The van der Waals surface area contributed by atoms with Crippen molar-refractivity contribution in [2.75, 3.05) is 0 Å². The maximum absolute atomic E-state index is 13.1. The highest BCUT2D eigenvalue weighted by Crippen LogP contribution is 2.03. The predicted molar refractivity (Wildman–Crippen MR) is 54.4 cm³/mol. The second-order valence-electron chi connectivity index (χ2n) is 3.25. The van der Waals surface area contributed by atoms with Crippen molar-refractivity contribution in [2.24, 2.45) is 0 Å². The number of aryl methyl sites for hydroxylation is 1. The Morgan fingerprint density at radius 3 is 3.06 bits per heavy atom. The smallest absolute Gasteiger partial charge is 0.256 e. The lowest BCUT2D eigenvalue weighted by molar-refractivity contribution is 0.0944. The molecule has 0 unspecified atom stereocenters. The molecule has 2 aromatic heterocycles. The van der Waals surface area contributed by atoms with E-state index in [4.69, 9.17) is 4.52 Å². The highest BCUT2D eigenvalue weighted by molar-refractivity contribution is 5.93. The third kappa shape index (κ3) is 2.63. The van der Waals surface area contributed by atoms with Crippen LogP contribution in [0.2, 0.25) is 0 Å². The highest BCUT2D eigenvalue weighted by atomic mass is 19.1. The molecule has 1 N–H and O–H groups in total. The van der Waals surface area contributed by atoms with Gasteiger partial charge in [0.15, 0.2) is 5.82 Å². The maximum Gasteiger partial charge on any atom is 0.256 e. The van der Waals surface area contributed by atoms with Gasteiger partial charge in [0.25, 0.3) is 5.91 Å². The molecule has 0 atom stereocenters. The minimum Gasteiger partial charge on any atom is -0.344 e. The molecule has 2 heterocycles. The molecule has 0 aromatic carbocycles. The van der Waals surface area contributed by atoms with Crippen LogP contribution in [0, 0.1) is 12.9 Å². The van der Waals surface area contributed by atoms with Crippen LogP contribution in [0.1, 0.15) is 22.1 Å². The van der Waals surface area contributed by atoms with Gasteiger partial charge in [0.2, 0.25) is 11.8 Å². The van der Waals surface area contributed by atoms with Crippen molar-refractivity contribution in [3.8, 4) is 0 Å². The lowest BCUT2D eigenvalue weighted by Crippen LogP contribution is -2.24. The number of halogens is 1. The van der Waals surface area contributed by atoms with Crippen LogP contribution in [-0.4, -0.2) is 21.0 Å². The largest absolute Gasteiger partial charge is 0.344 e. The Kier molecular flexibility index (Phi) is 3.08. The van der Waals surface area contributed by atoms with Crippen LogP contribution < -0.4 is 5.32 Å². The van der Waals surface area contributed by atoms with Gasteiger partial charge in [-0.1, -0.05) is 5.16 Å². The standard InChI is InChI=1S/C10H9FN4O2/c1-6-14-8(15-17-6)5-13-10(16)7-3-2-4-12-9(7)11/h2-4H,5H2,1H3,(H,13,16). The third-order valence-corrected chi connectivity index (χ3v) is 1.98. The first-order valence-electron chi connectivity index (χ1n) is 4.84. The van der Waals surface area contributed by atoms with E-state index >= 15 is 0 Å². The maximum atomic E-state index is 13.1. The zero-order valence-electron chi connectivity index (χ0n) is 8.98. The lowest BCUT2D eigenvalue weighted by Gasteiger charge is -2.02. The van der Waals surface area contributed by atoms with E-state index in [0.29, 0.717) is 11.7 Å². The molecule has 0 aliphatic rings. The number of pyridine rings is 1. The molecular weight excluding hydrogens is 227 g/mol. The van der Waals surface area contributed by atoms with Crippen molar-refractivity contribution in [3.05, 3.63) is 41.6 Å². The summed E-state index contributed by atoms with van der Waals surface area (Å²) in [7, 11) is 0. The molecule has 0 aliphatic heterocycles. The molecule has 0 saturated heterocycles. The minimum absolute atomic E-state index is 0.0739. The van der Waals surface area contributed by atoms with Gasteiger partial charge in [0.05, 0.1) is 12.1 Å². The van der Waals surface area contributed by atoms with E-state index in [9.17, 15) is 9.18 Å². The van der Waals surface area contributed by atoms with Crippen molar-refractivity contribution in [3.63, 3.8) is 0 Å². The molecule has 88 valence electrons. The van der Waals surface area contributed by atoms with Gasteiger partial charge in [0, 0.05) is 13.1 Å². The van der Waals surface area contributed by atoms with Crippen LogP contribution in [0.5, 0.6) is 0 Å². The van der Waals surface area contributed by atoms with Gasteiger partial charge < -0.3 is 9.84 Å². The molecule has 2 rings (SSSR count). The number of carbonyl (C=O) groups is 1. The molecular formula is C10H9FN4O2. The molecule has 7 heteroatoms. The summed E-state index contributed by atoms with van der Waals surface area (Å²) in [5.74, 6) is -0.644. The van der Waals surface area contributed by atoms with E-state index < -0.39 is 11.9 Å². The number of aromatic nitrogens is 3. The summed E-state index contributed by atoms with van der Waals surface area (Å²) in [6, 6.07) is 2.83. The molecule has 6 nitrogen and oxygen atoms in total. The Bertz CT molecular complexity index is 541. The normalized spacial score (nSPS) is 10.2. The molecule has 0 bridgehead atoms. The quantitative estimate of drug-likeness (QED) is 0.799. The van der Waals surface area contributed by atoms with Crippen molar-refractivity contribution < 1.29 is 13.7 Å². The molecule has 0 saturated carbocycles. The molecule has 0 fully saturated rings. The Balaban J connectivity index is 2.01. The van der Waals surface area contributed by atoms with Crippen LogP contribution in [0.15, 0.2) is 22.9 Å². The number of nitrogens with one attached hydrogen (secondary N) is 1. The van der Waals surface area contributed by atoms with E-state index in [1.807, 2.05) is 0 Å². The third-order valence-electron chi connectivity index (χ3n) is 1.98. The van der Waals surface area contributed by atoms with E-state index in [-0.39, 0.29) is 12.1 Å². The van der Waals surface area contributed by atoms with E-state index in [1.165, 1.54) is 18.3 Å². The first kappa shape index (κ1) is 11.2. The van der Waals surface area contributed by atoms with Crippen molar-refractivity contribution in [1.29, 1.82) is 0 Å². The van der Waals surface area contributed by atoms with Gasteiger partial charge in [0.1, 0.15) is 0 Å². The number of hydrogen-bond donors (Lipinski definition) is 1.